The minimum Gasteiger partial charge on any atom is -0.497 e. The molecule has 0 bridgehead atoms. The molecule has 28 nitrogen and oxygen atoms in total. The molecule has 12 atom stereocenters. The molecule has 2 aliphatic heterocycles. The summed E-state index contributed by atoms with van der Waals surface area (Å²) in [5.74, 6) is 0.0367. The van der Waals surface area contributed by atoms with Crippen LogP contribution in [0.3, 0.4) is 0 Å². The number of likely N-dealkylation sites (tertiary alicyclic amines) is 2. The van der Waals surface area contributed by atoms with E-state index in [4.69, 9.17) is 48.4 Å². The molecule has 6 aromatic rings. The first-order chi connectivity index (χ1) is 53.3. The monoisotopic (exact) mass is 1630 g/mol. The van der Waals surface area contributed by atoms with Gasteiger partial charge < -0.3 is 79.9 Å². The van der Waals surface area contributed by atoms with Gasteiger partial charge in [-0.25, -0.2) is 29.5 Å². The Morgan fingerprint density at radius 3 is 1.30 bits per heavy atom. The van der Waals surface area contributed by atoms with Crippen LogP contribution in [-0.4, -0.2) is 180 Å². The third-order valence-electron chi connectivity index (χ3n) is 21.8. The molecule has 8 N–H and O–H groups in total. The van der Waals surface area contributed by atoms with Gasteiger partial charge in [-0.3, -0.25) is 28.3 Å². The Bertz CT molecular complexity index is 4660. The van der Waals surface area contributed by atoms with E-state index in [1.54, 1.807) is 58.4 Å². The largest absolute Gasteiger partial charge is 0.497 e. The number of pyridine rings is 2. The third-order valence-corrected chi connectivity index (χ3v) is 28.8. The SMILES string of the molecule is C=C[C@@H]1C[C@]1(NC(=O)[C@@H]1C[C@@H](Oc2cc(-c3csc(NC(C)C)n3)nc3cc(OC)ccc23)CN1C(=O)[C@@H](NC(=O)OC1CCCC1)C(C)(C)C)P(=O)(O)C(C)C.C=C[C@@H]1C[C@]1(NC(=O)[C@@H]1C[C@@H](Oc2cc(-c3csc(NC(C)C)n3)nc3cc(OC)ccc23)CN1C(=O)[C@@H](NC(=O)OC1CCCC1)C(C)(C)C)P(=O)(O)C=C. The molecule has 4 aliphatic carbocycles. The molecule has 612 valence electrons. The molecule has 4 aromatic heterocycles. The average molecular weight is 1630 g/mol. The summed E-state index contributed by atoms with van der Waals surface area (Å²) in [5.41, 5.74) is 1.42. The summed E-state index contributed by atoms with van der Waals surface area (Å²) >= 11 is 2.92. The number of thiazole rings is 2. The predicted molar refractivity (Wildman–Crippen MR) is 439 cm³/mol. The van der Waals surface area contributed by atoms with Gasteiger partial charge in [-0.1, -0.05) is 74.1 Å². The van der Waals surface area contributed by atoms with Crippen LogP contribution < -0.4 is 50.8 Å². The molecule has 6 fully saturated rings. The normalized spacial score (nSPS) is 23.9. The lowest BCUT2D eigenvalue weighted by Gasteiger charge is -2.36. The van der Waals surface area contributed by atoms with Gasteiger partial charge in [0.05, 0.1) is 49.7 Å². The number of carbonyl (C=O) groups excluding carboxylic acids is 6. The summed E-state index contributed by atoms with van der Waals surface area (Å²) in [4.78, 5) is 129. The molecule has 6 aliphatic rings. The summed E-state index contributed by atoms with van der Waals surface area (Å²) in [7, 11) is -4.85. The molecule has 4 saturated carbocycles. The standard InChI is InChI=1S/C41H57N6O8PS.C40H53N6O8PS/c1-10-25-20-41(25,56(51,52)24(4)5)46-36(48)33-18-28(21-47(33)37(49)35(40(6,7)8)45-39(50)55-26-13-11-12-14-26)54-34-19-31(32-22-57-38(44-32)42-23(2)3)43-30-17-27(53-9)15-16-29(30)34;1-9-24-20-40(24,55(50,51)10-2)45-35(47)32-18-27(21-46(32)36(48)34(39(5,6)7)44-38(49)54-25-13-11-12-14-25)53-33-19-30(31-22-56-37(43-31)41-23(3)4)42-29-17-26(52-8)15-16-28(29)33/h10,15-17,19,22-26,28,33,35H,1,11-14,18,20-21H2,2-9H3,(H,42,44)(H,45,50)(H,46,48)(H,51,52);9-10,15-17,19,22-25,27,32,34H,1-2,11-14,18,20-21H2,3-8H3,(H,41,43)(H,44,49)(H,45,47)(H,50,51)/t25-,28-,33+,35-,41+;24-,27-,32+,34-,40+/m11/s1. The molecule has 6 heterocycles. The second-order valence-electron chi connectivity index (χ2n) is 33.4. The number of hydrogen-bond donors (Lipinski definition) is 8. The zero-order chi connectivity index (χ0) is 82.0. The molecule has 2 unspecified atom stereocenters. The Morgan fingerprint density at radius 1 is 0.566 bits per heavy atom. The van der Waals surface area contributed by atoms with Crippen molar-refractivity contribution in [1.29, 1.82) is 0 Å². The number of aromatic nitrogens is 4. The van der Waals surface area contributed by atoms with Crippen molar-refractivity contribution in [3.05, 3.63) is 97.0 Å². The Hall–Kier alpha value is -8.66. The zero-order valence-electron chi connectivity index (χ0n) is 67.0. The lowest BCUT2D eigenvalue weighted by Crippen LogP contribution is -2.58. The van der Waals surface area contributed by atoms with Crippen LogP contribution in [0, 0.1) is 22.7 Å². The maximum Gasteiger partial charge on any atom is 0.408 e. The highest BCUT2D eigenvalue weighted by atomic mass is 32.1. The Labute approximate surface area is 669 Å². The first-order valence-corrected chi connectivity index (χ1v) is 44.1. The van der Waals surface area contributed by atoms with Gasteiger partial charge in [0.15, 0.2) is 10.3 Å². The number of amides is 6. The molecule has 0 spiro atoms. The van der Waals surface area contributed by atoms with E-state index in [1.807, 2.05) is 104 Å². The fourth-order valence-electron chi connectivity index (χ4n) is 15.3. The molecular formula is C81H110N12O16P2S2. The van der Waals surface area contributed by atoms with Gasteiger partial charge in [0, 0.05) is 88.2 Å². The van der Waals surface area contributed by atoms with Gasteiger partial charge in [-0.05, 0) is 133 Å². The van der Waals surface area contributed by atoms with E-state index >= 15 is 0 Å². The number of rotatable bonds is 28. The first-order valence-electron chi connectivity index (χ1n) is 38.8. The number of nitrogens with one attached hydrogen (secondary N) is 6. The third kappa shape index (κ3) is 19.0. The summed E-state index contributed by atoms with van der Waals surface area (Å²) in [6.07, 6.45) is 7.42. The van der Waals surface area contributed by atoms with Crippen LogP contribution in [0.15, 0.2) is 97.0 Å². The average Bonchev–Trinajstić information content (AvgIpc) is 1.55. The number of fused-ring (bicyclic) bond motifs is 2. The minimum atomic E-state index is -4.07. The van der Waals surface area contributed by atoms with E-state index in [0.717, 1.165) is 67.4 Å². The molecule has 6 amide bonds. The van der Waals surface area contributed by atoms with Gasteiger partial charge in [0.1, 0.15) is 93.5 Å². The van der Waals surface area contributed by atoms with Crippen LogP contribution in [0.1, 0.15) is 160 Å². The van der Waals surface area contributed by atoms with Crippen molar-refractivity contribution < 1.29 is 76.1 Å². The highest BCUT2D eigenvalue weighted by molar-refractivity contribution is 7.63. The van der Waals surface area contributed by atoms with Gasteiger partial charge in [0.25, 0.3) is 0 Å². The number of ether oxygens (including phenoxy) is 6. The van der Waals surface area contributed by atoms with Gasteiger partial charge in [-0.15, -0.1) is 35.8 Å². The van der Waals surface area contributed by atoms with Crippen molar-refractivity contribution in [3.63, 3.8) is 0 Å². The summed E-state index contributed by atoms with van der Waals surface area (Å²) in [6.45, 7) is 33.6. The number of benzene rings is 2. The Morgan fingerprint density at radius 2 is 0.956 bits per heavy atom. The molecule has 0 radical (unpaired) electrons. The van der Waals surface area contributed by atoms with Crippen LogP contribution in [0.5, 0.6) is 23.0 Å². The number of hydrogen-bond acceptors (Lipinski definition) is 22. The topological polar surface area (TPSA) is 363 Å². The maximum absolute atomic E-state index is 14.7. The van der Waals surface area contributed by atoms with Crippen molar-refractivity contribution in [2.24, 2.45) is 22.7 Å². The molecule has 32 heteroatoms. The maximum atomic E-state index is 14.7. The van der Waals surface area contributed by atoms with E-state index in [1.165, 1.54) is 38.5 Å². The van der Waals surface area contributed by atoms with Crippen molar-refractivity contribution in [2.45, 2.75) is 237 Å². The summed E-state index contributed by atoms with van der Waals surface area (Å²) in [5, 5.41) is 21.8. The van der Waals surface area contributed by atoms with Crippen molar-refractivity contribution in [3.8, 4) is 45.8 Å². The van der Waals surface area contributed by atoms with Gasteiger partial charge in [0.2, 0.25) is 38.4 Å². The molecular weight excluding hydrogens is 1520 g/mol. The highest BCUT2D eigenvalue weighted by Gasteiger charge is 2.67. The van der Waals surface area contributed by atoms with E-state index < -0.39 is 126 Å². The molecule has 12 rings (SSSR count). The second-order valence-corrected chi connectivity index (χ2v) is 40.6. The Kier molecular flexibility index (Phi) is 26.0. The summed E-state index contributed by atoms with van der Waals surface area (Å²) in [6, 6.07) is 10.5. The lowest BCUT2D eigenvalue weighted by atomic mass is 9.85. The van der Waals surface area contributed by atoms with Crippen LogP contribution in [0.4, 0.5) is 19.9 Å². The van der Waals surface area contributed by atoms with E-state index in [-0.39, 0.29) is 63.1 Å². The number of carbonyl (C=O) groups is 6. The van der Waals surface area contributed by atoms with Crippen LogP contribution in [-0.2, 0) is 37.8 Å². The van der Waals surface area contributed by atoms with Gasteiger partial charge >= 0.3 is 12.2 Å². The molecule has 2 aromatic carbocycles. The number of nitrogens with zero attached hydrogens (tertiary/aromatic N) is 6. The highest BCUT2D eigenvalue weighted by Crippen LogP contribution is 2.72. The van der Waals surface area contributed by atoms with E-state index in [9.17, 15) is 47.7 Å². The van der Waals surface area contributed by atoms with Gasteiger partial charge in [-0.2, -0.15) is 0 Å². The van der Waals surface area contributed by atoms with Crippen molar-refractivity contribution in [2.75, 3.05) is 37.9 Å². The fraction of sp³-hybridized carbons (Fsp3) is 0.556. The molecule has 2 saturated heterocycles. The molecule has 113 heavy (non-hydrogen) atoms. The van der Waals surface area contributed by atoms with Crippen LogP contribution in [0.2, 0.25) is 0 Å². The quantitative estimate of drug-likeness (QED) is 0.0167. The number of methoxy groups -OCH3 is 2. The van der Waals surface area contributed by atoms with Crippen LogP contribution in [0.25, 0.3) is 44.6 Å². The minimum absolute atomic E-state index is 0.00380. The predicted octanol–water partition coefficient (Wildman–Crippen LogP) is 14.4. The smallest absolute Gasteiger partial charge is 0.408 e. The van der Waals surface area contributed by atoms with E-state index in [0.29, 0.717) is 67.6 Å². The van der Waals surface area contributed by atoms with Crippen molar-refractivity contribution in [1.82, 2.24) is 51.0 Å². The number of alkyl carbamates (subject to hydrolysis) is 2. The van der Waals surface area contributed by atoms with E-state index in [2.05, 4.69) is 51.6 Å². The van der Waals surface area contributed by atoms with Crippen molar-refractivity contribution >= 4 is 105 Å². The van der Waals surface area contributed by atoms with Crippen LogP contribution >= 0.6 is 37.4 Å². The first kappa shape index (κ1) is 85.2. The fourth-order valence-corrected chi connectivity index (χ4v) is 20.9. The zero-order valence-corrected chi connectivity index (χ0v) is 70.5. The number of anilines is 2. The summed E-state index contributed by atoms with van der Waals surface area (Å²) < 4.78 is 63.0. The second kappa shape index (κ2) is 34.4. The Balaban J connectivity index is 0.000000223. The lowest BCUT2D eigenvalue weighted by molar-refractivity contribution is -0.142.